The molecule has 0 fully saturated rings. The van der Waals surface area contributed by atoms with Crippen LogP contribution in [0.2, 0.25) is 0 Å². The summed E-state index contributed by atoms with van der Waals surface area (Å²) in [6.07, 6.45) is 1.03. The zero-order valence-corrected chi connectivity index (χ0v) is 13.0. The molecule has 0 radical (unpaired) electrons. The van der Waals surface area contributed by atoms with Gasteiger partial charge in [0.25, 0.3) is 0 Å². The maximum atomic E-state index is 5.56. The maximum absolute atomic E-state index is 5.56. The molecule has 2 unspecified atom stereocenters. The molecule has 0 spiro atoms. The van der Waals surface area contributed by atoms with Crippen molar-refractivity contribution in [3.63, 3.8) is 0 Å². The van der Waals surface area contributed by atoms with Crippen LogP contribution in [0.1, 0.15) is 36.1 Å². The third-order valence-electron chi connectivity index (χ3n) is 3.50. The SMILES string of the molecule is CNC(CC(C)COC)c1c(C)cc(C)cc1OC. The van der Waals surface area contributed by atoms with Crippen molar-refractivity contribution >= 4 is 0 Å². The molecule has 0 amide bonds. The van der Waals surface area contributed by atoms with E-state index in [1.54, 1.807) is 14.2 Å². The van der Waals surface area contributed by atoms with E-state index in [1.807, 2.05) is 7.05 Å². The van der Waals surface area contributed by atoms with Gasteiger partial charge in [-0.25, -0.2) is 0 Å². The lowest BCUT2D eigenvalue weighted by Crippen LogP contribution is -2.22. The van der Waals surface area contributed by atoms with Crippen LogP contribution in [-0.4, -0.2) is 27.9 Å². The van der Waals surface area contributed by atoms with Crippen LogP contribution in [0.15, 0.2) is 12.1 Å². The molecule has 3 nitrogen and oxygen atoms in total. The highest BCUT2D eigenvalue weighted by Crippen LogP contribution is 2.33. The van der Waals surface area contributed by atoms with E-state index < -0.39 is 0 Å². The van der Waals surface area contributed by atoms with Gasteiger partial charge >= 0.3 is 0 Å². The van der Waals surface area contributed by atoms with Crippen molar-refractivity contribution in [2.24, 2.45) is 5.92 Å². The minimum atomic E-state index is 0.292. The van der Waals surface area contributed by atoms with Gasteiger partial charge in [-0.15, -0.1) is 0 Å². The molecule has 0 saturated heterocycles. The van der Waals surface area contributed by atoms with Crippen molar-refractivity contribution in [3.05, 3.63) is 28.8 Å². The molecule has 19 heavy (non-hydrogen) atoms. The number of rotatable bonds is 7. The second-order valence-electron chi connectivity index (χ2n) is 5.34. The lowest BCUT2D eigenvalue weighted by atomic mass is 9.91. The molecule has 1 rings (SSSR count). The van der Waals surface area contributed by atoms with Crippen LogP contribution < -0.4 is 10.1 Å². The Morgan fingerprint density at radius 3 is 2.42 bits per heavy atom. The van der Waals surface area contributed by atoms with E-state index in [-0.39, 0.29) is 0 Å². The molecule has 0 aromatic heterocycles. The number of ether oxygens (including phenoxy) is 2. The van der Waals surface area contributed by atoms with Gasteiger partial charge in [0.05, 0.1) is 7.11 Å². The smallest absolute Gasteiger partial charge is 0.124 e. The first-order valence-electron chi connectivity index (χ1n) is 6.84. The molecule has 2 atom stereocenters. The Balaban J connectivity index is 3.03. The van der Waals surface area contributed by atoms with Gasteiger partial charge in [-0.3, -0.25) is 0 Å². The van der Waals surface area contributed by atoms with Crippen LogP contribution >= 0.6 is 0 Å². The first-order valence-corrected chi connectivity index (χ1v) is 6.84. The normalized spacial score (nSPS) is 14.2. The summed E-state index contributed by atoms with van der Waals surface area (Å²) in [5.74, 6) is 1.48. The Hall–Kier alpha value is -1.06. The van der Waals surface area contributed by atoms with Gasteiger partial charge in [0.1, 0.15) is 5.75 Å². The first kappa shape index (κ1) is 16.0. The van der Waals surface area contributed by atoms with Gasteiger partial charge in [-0.2, -0.15) is 0 Å². The second-order valence-corrected chi connectivity index (χ2v) is 5.34. The molecule has 108 valence electrons. The molecule has 1 N–H and O–H groups in total. The summed E-state index contributed by atoms with van der Waals surface area (Å²) in [4.78, 5) is 0. The monoisotopic (exact) mass is 265 g/mol. The molecule has 0 aliphatic carbocycles. The highest BCUT2D eigenvalue weighted by Gasteiger charge is 2.20. The van der Waals surface area contributed by atoms with Crippen LogP contribution in [0.3, 0.4) is 0 Å². The number of benzene rings is 1. The Labute approximate surface area is 117 Å². The zero-order chi connectivity index (χ0) is 14.4. The standard InChI is InChI=1S/C16H27NO2/c1-11-7-13(3)16(15(9-11)19-6)14(17-4)8-12(2)10-18-5/h7,9,12,14,17H,8,10H2,1-6H3. The third-order valence-corrected chi connectivity index (χ3v) is 3.50. The van der Waals surface area contributed by atoms with Crippen molar-refractivity contribution in [3.8, 4) is 5.75 Å². The first-order chi connectivity index (χ1) is 9.03. The largest absolute Gasteiger partial charge is 0.496 e. The minimum absolute atomic E-state index is 0.292. The summed E-state index contributed by atoms with van der Waals surface area (Å²) >= 11 is 0. The Kier molecular flexibility index (Phi) is 6.32. The number of hydrogen-bond donors (Lipinski definition) is 1. The Bertz CT molecular complexity index is 404. The predicted molar refractivity (Wildman–Crippen MR) is 79.9 cm³/mol. The van der Waals surface area contributed by atoms with Gasteiger partial charge in [0.15, 0.2) is 0 Å². The topological polar surface area (TPSA) is 30.5 Å². The number of aryl methyl sites for hydroxylation is 2. The lowest BCUT2D eigenvalue weighted by molar-refractivity contribution is 0.149. The van der Waals surface area contributed by atoms with E-state index in [0.29, 0.717) is 12.0 Å². The fourth-order valence-electron chi connectivity index (χ4n) is 2.69. The molecular formula is C16H27NO2. The van der Waals surface area contributed by atoms with Gasteiger partial charge in [0, 0.05) is 25.3 Å². The van der Waals surface area contributed by atoms with Crippen LogP contribution in [0, 0.1) is 19.8 Å². The van der Waals surface area contributed by atoms with Crippen LogP contribution in [-0.2, 0) is 4.74 Å². The summed E-state index contributed by atoms with van der Waals surface area (Å²) in [6, 6.07) is 4.61. The molecule has 3 heteroatoms. The molecule has 0 saturated carbocycles. The Morgan fingerprint density at radius 1 is 1.21 bits per heavy atom. The van der Waals surface area contributed by atoms with Crippen LogP contribution in [0.4, 0.5) is 0 Å². The molecule has 1 aromatic rings. The number of methoxy groups -OCH3 is 2. The zero-order valence-electron chi connectivity index (χ0n) is 13.0. The number of hydrogen-bond acceptors (Lipinski definition) is 3. The Morgan fingerprint density at radius 2 is 1.89 bits per heavy atom. The molecule has 0 aliphatic heterocycles. The summed E-state index contributed by atoms with van der Waals surface area (Å²) < 4.78 is 10.8. The quantitative estimate of drug-likeness (QED) is 0.821. The maximum Gasteiger partial charge on any atom is 0.124 e. The van der Waals surface area contributed by atoms with Crippen molar-refractivity contribution in [2.45, 2.75) is 33.2 Å². The van der Waals surface area contributed by atoms with Gasteiger partial charge < -0.3 is 14.8 Å². The van der Waals surface area contributed by atoms with Crippen LogP contribution in [0.5, 0.6) is 5.75 Å². The van der Waals surface area contributed by atoms with Crippen molar-refractivity contribution < 1.29 is 9.47 Å². The van der Waals surface area contributed by atoms with E-state index in [4.69, 9.17) is 9.47 Å². The highest BCUT2D eigenvalue weighted by molar-refractivity contribution is 5.45. The average molecular weight is 265 g/mol. The molecular weight excluding hydrogens is 238 g/mol. The van der Waals surface area contributed by atoms with Crippen LogP contribution in [0.25, 0.3) is 0 Å². The fourth-order valence-corrected chi connectivity index (χ4v) is 2.69. The van der Waals surface area contributed by atoms with E-state index in [0.717, 1.165) is 18.8 Å². The summed E-state index contributed by atoms with van der Waals surface area (Å²) in [5, 5.41) is 3.41. The van der Waals surface area contributed by atoms with Gasteiger partial charge in [-0.1, -0.05) is 13.0 Å². The summed E-state index contributed by atoms with van der Waals surface area (Å²) in [6.45, 7) is 7.24. The molecule has 0 aliphatic rings. The predicted octanol–water partition coefficient (Wildman–Crippen LogP) is 3.25. The van der Waals surface area contributed by atoms with Gasteiger partial charge in [0.2, 0.25) is 0 Å². The molecule has 0 bridgehead atoms. The third kappa shape index (κ3) is 4.22. The molecule has 1 aromatic carbocycles. The van der Waals surface area contributed by atoms with E-state index in [2.05, 4.69) is 38.2 Å². The van der Waals surface area contributed by atoms with Crippen molar-refractivity contribution in [1.82, 2.24) is 5.32 Å². The average Bonchev–Trinajstić information content (AvgIpc) is 2.36. The minimum Gasteiger partial charge on any atom is -0.496 e. The highest BCUT2D eigenvalue weighted by atomic mass is 16.5. The fraction of sp³-hybridized carbons (Fsp3) is 0.625. The van der Waals surface area contributed by atoms with Gasteiger partial charge in [-0.05, 0) is 50.4 Å². The summed E-state index contributed by atoms with van der Waals surface area (Å²) in [7, 11) is 5.49. The molecule has 0 heterocycles. The number of nitrogens with one attached hydrogen (secondary N) is 1. The van der Waals surface area contributed by atoms with E-state index in [1.165, 1.54) is 16.7 Å². The van der Waals surface area contributed by atoms with E-state index in [9.17, 15) is 0 Å². The van der Waals surface area contributed by atoms with Crippen molar-refractivity contribution in [1.29, 1.82) is 0 Å². The lowest BCUT2D eigenvalue weighted by Gasteiger charge is -2.24. The summed E-state index contributed by atoms with van der Waals surface area (Å²) in [5.41, 5.74) is 3.78. The second kappa shape index (κ2) is 7.51. The van der Waals surface area contributed by atoms with Crippen molar-refractivity contribution in [2.75, 3.05) is 27.9 Å². The van der Waals surface area contributed by atoms with E-state index >= 15 is 0 Å².